The lowest BCUT2D eigenvalue weighted by Gasteiger charge is -2.26. The maximum absolute atomic E-state index is 4.52. The summed E-state index contributed by atoms with van der Waals surface area (Å²) in [6.07, 6.45) is 4.50. The number of hydrogen-bond donors (Lipinski definition) is 2. The van der Waals surface area contributed by atoms with Gasteiger partial charge >= 0.3 is 0 Å². The van der Waals surface area contributed by atoms with Crippen LogP contribution in [0, 0.1) is 5.92 Å². The topological polar surface area (TPSA) is 56.3 Å². The molecular weight excluding hydrogens is 330 g/mol. The van der Waals surface area contributed by atoms with E-state index in [4.69, 9.17) is 0 Å². The van der Waals surface area contributed by atoms with Gasteiger partial charge in [-0.15, -0.1) is 0 Å². The second-order valence-electron chi connectivity index (χ2n) is 6.45. The number of thioether (sulfide) groups is 1. The average molecular weight is 358 g/mol. The van der Waals surface area contributed by atoms with Gasteiger partial charge in [0, 0.05) is 20.6 Å². The molecule has 0 spiro atoms. The Balaban J connectivity index is 1.55. The first-order valence-electron chi connectivity index (χ1n) is 8.85. The summed E-state index contributed by atoms with van der Waals surface area (Å²) < 4.78 is 0. The number of aromatic amines is 1. The van der Waals surface area contributed by atoms with E-state index < -0.39 is 0 Å². The van der Waals surface area contributed by atoms with Gasteiger partial charge in [0.15, 0.2) is 5.96 Å². The molecule has 3 rings (SSSR count). The lowest BCUT2D eigenvalue weighted by atomic mass is 10.0. The quantitative estimate of drug-likeness (QED) is 0.637. The summed E-state index contributed by atoms with van der Waals surface area (Å²) in [4.78, 5) is 14.5. The van der Waals surface area contributed by atoms with Gasteiger partial charge in [-0.05, 0) is 35.8 Å². The van der Waals surface area contributed by atoms with E-state index in [1.54, 1.807) is 0 Å². The minimum absolute atomic E-state index is 0.701. The average Bonchev–Trinajstić information content (AvgIpc) is 3.12. The molecule has 2 heterocycles. The summed E-state index contributed by atoms with van der Waals surface area (Å²) >= 11 is 2.07. The molecule has 2 N–H and O–H groups in total. The van der Waals surface area contributed by atoms with Crippen LogP contribution in [0.25, 0.3) is 11.3 Å². The van der Waals surface area contributed by atoms with Crippen molar-refractivity contribution >= 4 is 17.7 Å². The van der Waals surface area contributed by atoms with Crippen LogP contribution in [-0.2, 0) is 6.54 Å². The van der Waals surface area contributed by atoms with E-state index in [-0.39, 0.29) is 0 Å². The van der Waals surface area contributed by atoms with Gasteiger partial charge in [0.25, 0.3) is 0 Å². The molecule has 0 saturated carbocycles. The fourth-order valence-electron chi connectivity index (χ4n) is 3.08. The number of benzene rings is 1. The summed E-state index contributed by atoms with van der Waals surface area (Å²) in [5.41, 5.74) is 2.20. The lowest BCUT2D eigenvalue weighted by Crippen LogP contribution is -2.41. The third-order valence-electron chi connectivity index (χ3n) is 4.56. The maximum atomic E-state index is 4.52. The smallest absolute Gasteiger partial charge is 0.193 e. The predicted octanol–water partition coefficient (Wildman–Crippen LogP) is 3.23. The number of hydrogen-bond acceptors (Lipinski definition) is 3. The Labute approximate surface area is 154 Å². The highest BCUT2D eigenvalue weighted by molar-refractivity contribution is 7.99. The van der Waals surface area contributed by atoms with E-state index in [2.05, 4.69) is 56.1 Å². The fraction of sp³-hybridized carbons (Fsp3) is 0.474. The second-order valence-corrected chi connectivity index (χ2v) is 7.67. The van der Waals surface area contributed by atoms with Crippen LogP contribution in [0.15, 0.2) is 41.5 Å². The molecule has 1 aliphatic heterocycles. The van der Waals surface area contributed by atoms with E-state index in [1.165, 1.54) is 24.3 Å². The number of aromatic nitrogens is 2. The lowest BCUT2D eigenvalue weighted by molar-refractivity contribution is 0.434. The Morgan fingerprint density at radius 2 is 2.08 bits per heavy atom. The minimum Gasteiger partial charge on any atom is -0.356 e. The van der Waals surface area contributed by atoms with Crippen LogP contribution in [0.3, 0.4) is 0 Å². The largest absolute Gasteiger partial charge is 0.356 e. The Kier molecular flexibility index (Phi) is 6.39. The van der Waals surface area contributed by atoms with Crippen molar-refractivity contribution in [3.8, 4) is 11.3 Å². The zero-order valence-electron chi connectivity index (χ0n) is 15.0. The molecule has 1 aromatic heterocycles. The van der Waals surface area contributed by atoms with Crippen molar-refractivity contribution in [2.45, 2.75) is 19.4 Å². The molecular formula is C19H27N5S. The first-order chi connectivity index (χ1) is 12.3. The molecule has 1 aliphatic rings. The van der Waals surface area contributed by atoms with Crippen molar-refractivity contribution in [2.24, 2.45) is 10.9 Å². The van der Waals surface area contributed by atoms with Crippen molar-refractivity contribution in [3.05, 3.63) is 42.4 Å². The van der Waals surface area contributed by atoms with Crippen molar-refractivity contribution in [3.63, 3.8) is 0 Å². The minimum atomic E-state index is 0.701. The molecule has 5 nitrogen and oxygen atoms in total. The van der Waals surface area contributed by atoms with Crippen LogP contribution in [0.5, 0.6) is 0 Å². The molecule has 1 aromatic carbocycles. The van der Waals surface area contributed by atoms with Gasteiger partial charge in [0.1, 0.15) is 5.82 Å². The van der Waals surface area contributed by atoms with Crippen molar-refractivity contribution in [2.75, 3.05) is 32.1 Å². The van der Waals surface area contributed by atoms with Crippen LogP contribution >= 0.6 is 11.8 Å². The number of H-pyrrole nitrogens is 1. The van der Waals surface area contributed by atoms with Gasteiger partial charge in [-0.25, -0.2) is 4.98 Å². The molecule has 0 unspecified atom stereocenters. The third kappa shape index (κ3) is 5.01. The van der Waals surface area contributed by atoms with Crippen molar-refractivity contribution in [1.29, 1.82) is 0 Å². The Morgan fingerprint density at radius 1 is 1.32 bits per heavy atom. The van der Waals surface area contributed by atoms with E-state index in [0.717, 1.165) is 35.5 Å². The van der Waals surface area contributed by atoms with Crippen LogP contribution in [0.1, 0.15) is 18.7 Å². The van der Waals surface area contributed by atoms with Gasteiger partial charge < -0.3 is 15.2 Å². The molecule has 25 heavy (non-hydrogen) atoms. The number of imidazole rings is 1. The highest BCUT2D eigenvalue weighted by atomic mass is 32.2. The number of nitrogens with one attached hydrogen (secondary N) is 2. The molecule has 0 atom stereocenters. The zero-order chi connectivity index (χ0) is 17.5. The van der Waals surface area contributed by atoms with E-state index in [9.17, 15) is 0 Å². The van der Waals surface area contributed by atoms with Gasteiger partial charge in [-0.3, -0.25) is 4.99 Å². The Bertz CT molecular complexity index is 676. The summed E-state index contributed by atoms with van der Waals surface area (Å²) in [5.74, 6) is 5.21. The zero-order valence-corrected chi connectivity index (χ0v) is 15.9. The number of aliphatic imine (C=N–C) groups is 1. The van der Waals surface area contributed by atoms with Crippen LogP contribution in [0.4, 0.5) is 0 Å². The van der Waals surface area contributed by atoms with E-state index >= 15 is 0 Å². The number of rotatable bonds is 5. The summed E-state index contributed by atoms with van der Waals surface area (Å²) in [7, 11) is 3.89. The molecule has 0 amide bonds. The molecule has 1 fully saturated rings. The fourth-order valence-corrected chi connectivity index (χ4v) is 4.28. The normalized spacial score (nSPS) is 16.0. The monoisotopic (exact) mass is 357 g/mol. The molecule has 2 aromatic rings. The molecule has 6 heteroatoms. The number of guanidine groups is 1. The van der Waals surface area contributed by atoms with E-state index in [1.807, 2.05) is 31.4 Å². The van der Waals surface area contributed by atoms with Crippen LogP contribution < -0.4 is 5.32 Å². The van der Waals surface area contributed by atoms with Crippen LogP contribution in [-0.4, -0.2) is 53.0 Å². The van der Waals surface area contributed by atoms with Gasteiger partial charge in [-0.2, -0.15) is 11.8 Å². The first-order valence-corrected chi connectivity index (χ1v) is 10.0. The third-order valence-corrected chi connectivity index (χ3v) is 5.61. The van der Waals surface area contributed by atoms with Gasteiger partial charge in [0.2, 0.25) is 0 Å². The summed E-state index contributed by atoms with van der Waals surface area (Å²) in [5, 5.41) is 3.52. The van der Waals surface area contributed by atoms with Crippen molar-refractivity contribution < 1.29 is 0 Å². The van der Waals surface area contributed by atoms with Gasteiger partial charge in [-0.1, -0.05) is 30.3 Å². The molecule has 0 bridgehead atoms. The number of nitrogens with zero attached hydrogens (tertiary/aromatic N) is 3. The van der Waals surface area contributed by atoms with E-state index in [0.29, 0.717) is 6.54 Å². The standard InChI is InChI=1S/C19H27N5S/c1-20-19(22-12-15-8-10-25-11-9-15)24(2)14-18-21-13-17(23-18)16-6-4-3-5-7-16/h3-7,13,15H,8-12,14H2,1-2H3,(H,20,22)(H,21,23). The summed E-state index contributed by atoms with van der Waals surface area (Å²) in [6, 6.07) is 10.3. The van der Waals surface area contributed by atoms with Crippen LogP contribution in [0.2, 0.25) is 0 Å². The first kappa shape index (κ1) is 17.9. The SMILES string of the molecule is CN=C(NCC1CCSCC1)N(C)Cc1ncc(-c2ccccc2)[nH]1. The summed E-state index contributed by atoms with van der Waals surface area (Å²) in [6.45, 7) is 1.71. The predicted molar refractivity (Wildman–Crippen MR) is 107 cm³/mol. The Morgan fingerprint density at radius 3 is 2.80 bits per heavy atom. The Hall–Kier alpha value is -1.95. The highest BCUT2D eigenvalue weighted by Gasteiger charge is 2.15. The maximum Gasteiger partial charge on any atom is 0.193 e. The van der Waals surface area contributed by atoms with Crippen molar-refractivity contribution in [1.82, 2.24) is 20.2 Å². The molecule has 1 saturated heterocycles. The molecule has 134 valence electrons. The van der Waals surface area contributed by atoms with Gasteiger partial charge in [0.05, 0.1) is 18.4 Å². The highest BCUT2D eigenvalue weighted by Crippen LogP contribution is 2.22. The molecule has 0 aliphatic carbocycles. The second kappa shape index (κ2) is 8.94. The molecule has 0 radical (unpaired) electrons.